The molecule has 0 aliphatic carbocycles. The van der Waals surface area contributed by atoms with Crippen molar-refractivity contribution in [1.29, 1.82) is 0 Å². The van der Waals surface area contributed by atoms with Gasteiger partial charge in [0.05, 0.1) is 11.0 Å². The van der Waals surface area contributed by atoms with Gasteiger partial charge in [0, 0.05) is 42.2 Å². The Balaban J connectivity index is 1.01. The molecule has 56 heavy (non-hydrogen) atoms. The highest BCUT2D eigenvalue weighted by Crippen LogP contribution is 2.45. The molecule has 11 rings (SSSR count). The Labute approximate surface area is 329 Å². The summed E-state index contributed by atoms with van der Waals surface area (Å²) >= 11 is 1.90. The van der Waals surface area contributed by atoms with Crippen LogP contribution in [-0.4, -0.2) is 10.4 Å². The molecule has 266 valence electrons. The number of para-hydroxylation sites is 1. The van der Waals surface area contributed by atoms with E-state index in [1.807, 2.05) is 23.5 Å². The number of hydrogen-bond acceptors (Lipinski definition) is 4. The van der Waals surface area contributed by atoms with Crippen molar-refractivity contribution in [3.05, 3.63) is 211 Å². The van der Waals surface area contributed by atoms with Crippen LogP contribution in [0.1, 0.15) is 29.0 Å². The van der Waals surface area contributed by atoms with Crippen LogP contribution in [0.3, 0.4) is 0 Å². The second-order valence-electron chi connectivity index (χ2n) is 14.4. The number of nitrogens with zero attached hydrogens (tertiary/aromatic N) is 2. The van der Waals surface area contributed by atoms with Gasteiger partial charge in [-0.1, -0.05) is 170 Å². The molecule has 0 bridgehead atoms. The average Bonchev–Trinajstić information content (AvgIpc) is 3.83. The second-order valence-corrected chi connectivity index (χ2v) is 15.4. The Morgan fingerprint density at radius 1 is 0.446 bits per heavy atom. The number of hydrogen-bond donors (Lipinski definition) is 2. The van der Waals surface area contributed by atoms with Crippen molar-refractivity contribution in [2.45, 2.75) is 12.3 Å². The molecular formula is C51H36N4S. The molecule has 10 aromatic rings. The smallest absolute Gasteiger partial charge is 0.131 e. The summed E-state index contributed by atoms with van der Waals surface area (Å²) in [5.41, 5.74) is 11.9. The van der Waals surface area contributed by atoms with Gasteiger partial charge < -0.3 is 9.88 Å². The molecule has 0 spiro atoms. The number of benzene rings is 8. The van der Waals surface area contributed by atoms with Crippen LogP contribution in [-0.2, 0) is 0 Å². The van der Waals surface area contributed by atoms with E-state index in [1.54, 1.807) is 0 Å². The van der Waals surface area contributed by atoms with Crippen LogP contribution in [0.15, 0.2) is 199 Å². The second kappa shape index (κ2) is 13.5. The summed E-state index contributed by atoms with van der Waals surface area (Å²) < 4.78 is 5.06. The molecule has 3 heterocycles. The van der Waals surface area contributed by atoms with Crippen LogP contribution in [0, 0.1) is 0 Å². The van der Waals surface area contributed by atoms with Crippen LogP contribution in [0.5, 0.6) is 0 Å². The monoisotopic (exact) mass is 736 g/mol. The van der Waals surface area contributed by atoms with Gasteiger partial charge in [-0.3, -0.25) is 5.32 Å². The molecule has 4 nitrogen and oxygen atoms in total. The van der Waals surface area contributed by atoms with Crippen molar-refractivity contribution in [3.63, 3.8) is 0 Å². The molecule has 2 atom stereocenters. The van der Waals surface area contributed by atoms with Crippen LogP contribution in [0.25, 0.3) is 69.9 Å². The average molecular weight is 737 g/mol. The lowest BCUT2D eigenvalue weighted by molar-refractivity contribution is 0.409. The molecule has 8 aromatic carbocycles. The quantitative estimate of drug-likeness (QED) is 0.178. The molecule has 0 radical (unpaired) electrons. The first-order chi connectivity index (χ1) is 27.8. The van der Waals surface area contributed by atoms with Gasteiger partial charge in [0.15, 0.2) is 0 Å². The van der Waals surface area contributed by atoms with Crippen molar-refractivity contribution in [1.82, 2.24) is 15.2 Å². The maximum absolute atomic E-state index is 5.10. The third-order valence-corrected chi connectivity index (χ3v) is 12.4. The Hall–Kier alpha value is -6.79. The van der Waals surface area contributed by atoms with E-state index in [4.69, 9.17) is 4.99 Å². The van der Waals surface area contributed by atoms with Crippen molar-refractivity contribution >= 4 is 59.2 Å². The standard InChI is InChI=1S/C51H36N4S/c1-4-14-33(15-5-1)39-21-12-23-43-44-24-13-22-40(48(44)56-47(39)43)37-28-31-42-41-20-10-11-25-45(41)55(46(42)32-37)38-29-26-36(27-30-38)51-53-49(34-16-6-2-7-17-34)52-50(54-51)35-18-8-3-9-19-35/h1-32,49,51,53H,(H,52,54). The Kier molecular flexibility index (Phi) is 7.87. The highest BCUT2D eigenvalue weighted by Gasteiger charge is 2.25. The first-order valence-corrected chi connectivity index (χ1v) is 19.9. The fourth-order valence-electron chi connectivity index (χ4n) is 8.40. The zero-order chi connectivity index (χ0) is 37.0. The third kappa shape index (κ3) is 5.51. The van der Waals surface area contributed by atoms with Gasteiger partial charge in [0.2, 0.25) is 0 Å². The molecule has 1 aliphatic rings. The maximum atomic E-state index is 5.10. The van der Waals surface area contributed by atoms with Gasteiger partial charge >= 0.3 is 0 Å². The van der Waals surface area contributed by atoms with E-state index in [0.29, 0.717) is 0 Å². The fourth-order valence-corrected chi connectivity index (χ4v) is 9.78. The molecule has 2 unspecified atom stereocenters. The number of aliphatic imine (C=N–C) groups is 1. The number of aromatic nitrogens is 1. The highest BCUT2D eigenvalue weighted by atomic mass is 32.1. The van der Waals surface area contributed by atoms with Gasteiger partial charge in [-0.2, -0.15) is 0 Å². The molecule has 0 saturated carbocycles. The summed E-state index contributed by atoms with van der Waals surface area (Å²) in [5, 5.41) is 12.6. The topological polar surface area (TPSA) is 41.4 Å². The van der Waals surface area contributed by atoms with Gasteiger partial charge in [0.25, 0.3) is 0 Å². The van der Waals surface area contributed by atoms with E-state index in [-0.39, 0.29) is 12.3 Å². The normalized spacial score (nSPS) is 15.7. The molecular weight excluding hydrogens is 701 g/mol. The number of fused-ring (bicyclic) bond motifs is 6. The lowest BCUT2D eigenvalue weighted by Crippen LogP contribution is -2.44. The molecule has 2 N–H and O–H groups in total. The molecule has 5 heteroatoms. The molecule has 0 saturated heterocycles. The number of rotatable bonds is 6. The van der Waals surface area contributed by atoms with E-state index in [1.165, 1.54) is 64.2 Å². The summed E-state index contributed by atoms with van der Waals surface area (Å²) in [6, 6.07) is 69.8. The summed E-state index contributed by atoms with van der Waals surface area (Å²) in [5.74, 6) is 0.882. The summed E-state index contributed by atoms with van der Waals surface area (Å²) in [6.07, 6.45) is -0.306. The number of amidine groups is 1. The first-order valence-electron chi connectivity index (χ1n) is 19.1. The zero-order valence-electron chi connectivity index (χ0n) is 30.4. The van der Waals surface area contributed by atoms with E-state index in [9.17, 15) is 0 Å². The van der Waals surface area contributed by atoms with Gasteiger partial charge in [-0.15, -0.1) is 11.3 Å². The van der Waals surface area contributed by atoms with Crippen molar-refractivity contribution in [3.8, 4) is 27.9 Å². The van der Waals surface area contributed by atoms with Gasteiger partial charge in [-0.25, -0.2) is 4.99 Å². The third-order valence-electron chi connectivity index (χ3n) is 11.1. The van der Waals surface area contributed by atoms with E-state index < -0.39 is 0 Å². The van der Waals surface area contributed by atoms with Crippen molar-refractivity contribution in [2.24, 2.45) is 4.99 Å². The lowest BCUT2D eigenvalue weighted by atomic mass is 9.99. The van der Waals surface area contributed by atoms with E-state index in [0.717, 1.165) is 28.2 Å². The minimum atomic E-state index is -0.177. The van der Waals surface area contributed by atoms with Crippen LogP contribution < -0.4 is 10.6 Å². The predicted octanol–water partition coefficient (Wildman–Crippen LogP) is 12.8. The van der Waals surface area contributed by atoms with Crippen LogP contribution in [0.2, 0.25) is 0 Å². The summed E-state index contributed by atoms with van der Waals surface area (Å²) in [7, 11) is 0. The van der Waals surface area contributed by atoms with E-state index in [2.05, 4.69) is 197 Å². The largest absolute Gasteiger partial charge is 0.350 e. The van der Waals surface area contributed by atoms with Gasteiger partial charge in [-0.05, 0) is 57.6 Å². The molecule has 0 amide bonds. The summed E-state index contributed by atoms with van der Waals surface area (Å²) in [4.78, 5) is 5.10. The fraction of sp³-hybridized carbons (Fsp3) is 0.0392. The van der Waals surface area contributed by atoms with E-state index >= 15 is 0 Å². The minimum Gasteiger partial charge on any atom is -0.350 e. The first kappa shape index (κ1) is 32.6. The van der Waals surface area contributed by atoms with Crippen molar-refractivity contribution < 1.29 is 0 Å². The molecule has 0 fully saturated rings. The Bertz CT molecular complexity index is 3070. The summed E-state index contributed by atoms with van der Waals surface area (Å²) in [6.45, 7) is 0. The minimum absolute atomic E-state index is 0.129. The Morgan fingerprint density at radius 3 is 1.75 bits per heavy atom. The predicted molar refractivity (Wildman–Crippen MR) is 236 cm³/mol. The number of thiophene rings is 1. The highest BCUT2D eigenvalue weighted by molar-refractivity contribution is 7.26. The molecule has 1 aliphatic heterocycles. The van der Waals surface area contributed by atoms with Gasteiger partial charge in [0.1, 0.15) is 18.2 Å². The van der Waals surface area contributed by atoms with Crippen LogP contribution in [0.4, 0.5) is 0 Å². The van der Waals surface area contributed by atoms with Crippen molar-refractivity contribution in [2.75, 3.05) is 0 Å². The number of nitrogens with one attached hydrogen (secondary N) is 2. The Morgan fingerprint density at radius 2 is 1.04 bits per heavy atom. The maximum Gasteiger partial charge on any atom is 0.131 e. The SMILES string of the molecule is c1ccc(C2=NC(c3ccccc3)NC(c3ccc(-n4c5ccccc5c5ccc(-c6cccc7c6sc6c(-c8ccccc8)cccc67)cc54)cc3)N2)cc1. The van der Waals surface area contributed by atoms with Crippen LogP contribution >= 0.6 is 11.3 Å². The lowest BCUT2D eigenvalue weighted by Gasteiger charge is -2.32. The zero-order valence-corrected chi connectivity index (χ0v) is 31.2. The molecule has 2 aromatic heterocycles.